The van der Waals surface area contributed by atoms with E-state index in [0.717, 1.165) is 22.4 Å². The lowest BCUT2D eigenvalue weighted by molar-refractivity contribution is -0.141. The van der Waals surface area contributed by atoms with E-state index in [9.17, 15) is 9.59 Å². The van der Waals surface area contributed by atoms with Gasteiger partial charge in [0.15, 0.2) is 5.16 Å². The van der Waals surface area contributed by atoms with Gasteiger partial charge in [-0.05, 0) is 24.5 Å². The first-order chi connectivity index (χ1) is 14.5. The summed E-state index contributed by atoms with van der Waals surface area (Å²) in [6.45, 7) is 4.27. The molecule has 0 fully saturated rings. The van der Waals surface area contributed by atoms with Crippen LogP contribution in [-0.2, 0) is 36.0 Å². The molecule has 0 amide bonds. The maximum atomic E-state index is 13.0. The molecule has 0 aliphatic rings. The van der Waals surface area contributed by atoms with Crippen molar-refractivity contribution in [1.82, 2.24) is 9.55 Å². The molecule has 0 unspecified atom stereocenters. The Kier molecular flexibility index (Phi) is 7.46. The highest BCUT2D eigenvalue weighted by Crippen LogP contribution is 2.18. The molecule has 0 atom stereocenters. The van der Waals surface area contributed by atoms with Crippen molar-refractivity contribution in [1.29, 1.82) is 0 Å². The highest BCUT2D eigenvalue weighted by molar-refractivity contribution is 7.99. The summed E-state index contributed by atoms with van der Waals surface area (Å²) >= 11 is 1.23. The number of carbonyl (C=O) groups is 1. The Bertz CT molecular complexity index is 1080. The van der Waals surface area contributed by atoms with Crippen LogP contribution in [0.2, 0.25) is 0 Å². The van der Waals surface area contributed by atoms with Gasteiger partial charge in [0.1, 0.15) is 6.61 Å². The van der Waals surface area contributed by atoms with E-state index in [1.807, 2.05) is 62.4 Å². The molecule has 0 N–H and O–H groups in total. The Morgan fingerprint density at radius 1 is 1.10 bits per heavy atom. The molecular formula is C24H26N2O3S. The molecule has 3 aromatic rings. The van der Waals surface area contributed by atoms with Gasteiger partial charge in [-0.2, -0.15) is 0 Å². The number of carbonyl (C=O) groups excluding carboxylic acids is 1. The van der Waals surface area contributed by atoms with Crippen molar-refractivity contribution < 1.29 is 9.53 Å². The Morgan fingerprint density at radius 3 is 2.53 bits per heavy atom. The number of nitrogens with zero attached hydrogens (tertiary/aromatic N) is 2. The topological polar surface area (TPSA) is 61.2 Å². The number of esters is 1. The number of hydrogen-bond acceptors (Lipinski definition) is 5. The number of hydrogen-bond donors (Lipinski definition) is 0. The number of aryl methyl sites for hydroxylation is 2. The summed E-state index contributed by atoms with van der Waals surface area (Å²) in [5, 5.41) is 0.529. The highest BCUT2D eigenvalue weighted by Gasteiger charge is 2.16. The molecule has 0 aliphatic carbocycles. The van der Waals surface area contributed by atoms with Crippen molar-refractivity contribution in [2.24, 2.45) is 7.05 Å². The van der Waals surface area contributed by atoms with Gasteiger partial charge in [-0.3, -0.25) is 14.2 Å². The van der Waals surface area contributed by atoms with Crippen LogP contribution in [0.25, 0.3) is 0 Å². The van der Waals surface area contributed by atoms with Crippen LogP contribution in [0, 0.1) is 6.92 Å². The zero-order chi connectivity index (χ0) is 21.5. The van der Waals surface area contributed by atoms with Crippen molar-refractivity contribution in [3.63, 3.8) is 0 Å². The van der Waals surface area contributed by atoms with E-state index in [0.29, 0.717) is 23.6 Å². The van der Waals surface area contributed by atoms with Gasteiger partial charge in [0.05, 0.1) is 11.4 Å². The molecule has 0 saturated heterocycles. The van der Waals surface area contributed by atoms with E-state index >= 15 is 0 Å². The summed E-state index contributed by atoms with van der Waals surface area (Å²) in [4.78, 5) is 29.8. The molecule has 0 radical (unpaired) electrons. The third-order valence-electron chi connectivity index (χ3n) is 4.79. The molecular weight excluding hydrogens is 396 g/mol. The Labute approximate surface area is 181 Å². The van der Waals surface area contributed by atoms with Crippen molar-refractivity contribution in [2.45, 2.75) is 38.5 Å². The molecule has 6 heteroatoms. The quantitative estimate of drug-likeness (QED) is 0.311. The minimum absolute atomic E-state index is 0.0662. The van der Waals surface area contributed by atoms with Gasteiger partial charge in [0, 0.05) is 19.0 Å². The van der Waals surface area contributed by atoms with Crippen LogP contribution in [0.1, 0.15) is 34.9 Å². The van der Waals surface area contributed by atoms with Gasteiger partial charge >= 0.3 is 5.97 Å². The number of thioether (sulfide) groups is 1. The third-order valence-corrected chi connectivity index (χ3v) is 5.79. The summed E-state index contributed by atoms with van der Waals surface area (Å²) in [6.07, 6.45) is 1.21. The Hall–Kier alpha value is -2.86. The fourth-order valence-electron chi connectivity index (χ4n) is 3.20. The molecule has 0 aliphatic heterocycles. The molecule has 0 saturated carbocycles. The maximum absolute atomic E-state index is 13.0. The molecule has 3 rings (SSSR count). The van der Waals surface area contributed by atoms with Crippen LogP contribution >= 0.6 is 11.8 Å². The average molecular weight is 423 g/mol. The van der Waals surface area contributed by atoms with E-state index in [1.165, 1.54) is 16.3 Å². The standard InChI is InChI=1S/C24H26N2O3S/c1-4-21-20(14-19-12-8-9-17(2)13-19)23(28)26(3)24(25-21)30-16-22(27)29-15-18-10-6-5-7-11-18/h5-13H,4,14-16H2,1-3H3. The summed E-state index contributed by atoms with van der Waals surface area (Å²) in [5.74, 6) is -0.229. The third kappa shape index (κ3) is 5.60. The molecule has 30 heavy (non-hydrogen) atoms. The SMILES string of the molecule is CCc1nc(SCC(=O)OCc2ccccc2)n(C)c(=O)c1Cc1cccc(C)c1. The van der Waals surface area contributed by atoms with Gasteiger partial charge in [0.2, 0.25) is 0 Å². The minimum Gasteiger partial charge on any atom is -0.460 e. The van der Waals surface area contributed by atoms with Gasteiger partial charge in [0.25, 0.3) is 5.56 Å². The number of rotatable bonds is 8. The van der Waals surface area contributed by atoms with Crippen LogP contribution in [0.15, 0.2) is 64.5 Å². The van der Waals surface area contributed by atoms with Crippen molar-refractivity contribution in [3.05, 3.63) is 92.9 Å². The number of aromatic nitrogens is 2. The second-order valence-corrected chi connectivity index (χ2v) is 8.08. The molecule has 0 spiro atoms. The van der Waals surface area contributed by atoms with E-state index in [1.54, 1.807) is 7.05 Å². The molecule has 2 aromatic carbocycles. The fourth-order valence-corrected chi connectivity index (χ4v) is 3.98. The lowest BCUT2D eigenvalue weighted by atomic mass is 10.0. The Balaban J connectivity index is 1.70. The molecule has 0 bridgehead atoms. The zero-order valence-corrected chi connectivity index (χ0v) is 18.4. The predicted molar refractivity (Wildman–Crippen MR) is 120 cm³/mol. The van der Waals surface area contributed by atoms with E-state index in [2.05, 4.69) is 11.1 Å². The van der Waals surface area contributed by atoms with Crippen LogP contribution < -0.4 is 5.56 Å². The predicted octanol–water partition coefficient (Wildman–Crippen LogP) is 4.08. The smallest absolute Gasteiger partial charge is 0.316 e. The monoisotopic (exact) mass is 422 g/mol. The van der Waals surface area contributed by atoms with Crippen molar-refractivity contribution >= 4 is 17.7 Å². The van der Waals surface area contributed by atoms with Gasteiger partial charge in [-0.1, -0.05) is 78.8 Å². The second-order valence-electron chi connectivity index (χ2n) is 7.14. The zero-order valence-electron chi connectivity index (χ0n) is 17.6. The van der Waals surface area contributed by atoms with E-state index in [-0.39, 0.29) is 23.9 Å². The lowest BCUT2D eigenvalue weighted by Crippen LogP contribution is -2.27. The Morgan fingerprint density at radius 2 is 1.83 bits per heavy atom. The van der Waals surface area contributed by atoms with Crippen LogP contribution in [0.4, 0.5) is 0 Å². The molecule has 1 heterocycles. The summed E-state index contributed by atoms with van der Waals surface area (Å²) in [5.41, 5.74) is 4.62. The van der Waals surface area contributed by atoms with Crippen LogP contribution in [-0.4, -0.2) is 21.3 Å². The maximum Gasteiger partial charge on any atom is 0.316 e. The van der Waals surface area contributed by atoms with Gasteiger partial charge < -0.3 is 4.74 Å². The molecule has 1 aromatic heterocycles. The summed E-state index contributed by atoms with van der Waals surface area (Å²) in [7, 11) is 1.70. The number of ether oxygens (including phenoxy) is 1. The van der Waals surface area contributed by atoms with E-state index < -0.39 is 0 Å². The molecule has 5 nitrogen and oxygen atoms in total. The van der Waals surface area contributed by atoms with Crippen molar-refractivity contribution in [2.75, 3.05) is 5.75 Å². The van der Waals surface area contributed by atoms with Crippen LogP contribution in [0.3, 0.4) is 0 Å². The number of benzene rings is 2. The minimum atomic E-state index is -0.333. The first-order valence-corrected chi connectivity index (χ1v) is 10.9. The second kappa shape index (κ2) is 10.3. The summed E-state index contributed by atoms with van der Waals surface area (Å²) < 4.78 is 6.84. The van der Waals surface area contributed by atoms with Gasteiger partial charge in [-0.15, -0.1) is 0 Å². The summed E-state index contributed by atoms with van der Waals surface area (Å²) in [6, 6.07) is 17.7. The molecule has 156 valence electrons. The lowest BCUT2D eigenvalue weighted by Gasteiger charge is -2.13. The highest BCUT2D eigenvalue weighted by atomic mass is 32.2. The first-order valence-electron chi connectivity index (χ1n) is 9.94. The van der Waals surface area contributed by atoms with E-state index in [4.69, 9.17) is 4.74 Å². The normalized spacial score (nSPS) is 10.8. The van der Waals surface area contributed by atoms with Gasteiger partial charge in [-0.25, -0.2) is 4.98 Å². The fraction of sp³-hybridized carbons (Fsp3) is 0.292. The first kappa shape index (κ1) is 21.8. The largest absolute Gasteiger partial charge is 0.460 e. The van der Waals surface area contributed by atoms with Crippen molar-refractivity contribution in [3.8, 4) is 0 Å². The average Bonchev–Trinajstić information content (AvgIpc) is 2.76. The van der Waals surface area contributed by atoms with Crippen LogP contribution in [0.5, 0.6) is 0 Å².